The zero-order valence-electron chi connectivity index (χ0n) is 9.84. The van der Waals surface area contributed by atoms with Gasteiger partial charge in [0.05, 0.1) is 0 Å². The summed E-state index contributed by atoms with van der Waals surface area (Å²) in [6, 6.07) is 4.30. The highest BCUT2D eigenvalue weighted by atomic mass is 35.5. The van der Waals surface area contributed by atoms with Gasteiger partial charge in [-0.05, 0) is 30.2 Å². The summed E-state index contributed by atoms with van der Waals surface area (Å²) in [6.07, 6.45) is 5.12. The monoisotopic (exact) mass is 257 g/mol. The van der Waals surface area contributed by atoms with Gasteiger partial charge in [0.15, 0.2) is 0 Å². The summed E-state index contributed by atoms with van der Waals surface area (Å²) >= 11 is 8.00. The Bertz CT molecular complexity index is 312. The summed E-state index contributed by atoms with van der Waals surface area (Å²) in [5.41, 5.74) is 0.184. The van der Waals surface area contributed by atoms with E-state index in [-0.39, 0.29) is 5.54 Å². The van der Waals surface area contributed by atoms with Crippen LogP contribution in [0, 0.1) is 5.92 Å². The first-order chi connectivity index (χ1) is 7.74. The maximum Gasteiger partial charge on any atom is 0.0406 e. The van der Waals surface area contributed by atoms with Crippen molar-refractivity contribution in [1.82, 2.24) is 5.32 Å². The molecule has 1 fully saturated rings. The van der Waals surface area contributed by atoms with Crippen LogP contribution in [-0.2, 0) is 6.54 Å². The van der Waals surface area contributed by atoms with Gasteiger partial charge in [-0.15, -0.1) is 22.9 Å². The molecule has 1 aromatic rings. The lowest BCUT2D eigenvalue weighted by Gasteiger charge is -2.39. The molecule has 0 aromatic carbocycles. The van der Waals surface area contributed by atoms with Gasteiger partial charge >= 0.3 is 0 Å². The highest BCUT2D eigenvalue weighted by molar-refractivity contribution is 7.09. The van der Waals surface area contributed by atoms with Crippen LogP contribution in [-0.4, -0.2) is 11.4 Å². The second-order valence-corrected chi connectivity index (χ2v) is 6.35. The number of rotatable bonds is 4. The summed E-state index contributed by atoms with van der Waals surface area (Å²) < 4.78 is 0. The van der Waals surface area contributed by atoms with Crippen molar-refractivity contribution in [3.63, 3.8) is 0 Å². The first kappa shape index (κ1) is 12.4. The van der Waals surface area contributed by atoms with Gasteiger partial charge in [-0.1, -0.05) is 25.8 Å². The van der Waals surface area contributed by atoms with Crippen molar-refractivity contribution >= 4 is 22.9 Å². The Balaban J connectivity index is 1.93. The zero-order chi connectivity index (χ0) is 11.4. The number of hydrogen-bond acceptors (Lipinski definition) is 2. The van der Waals surface area contributed by atoms with Crippen LogP contribution in [0.1, 0.15) is 37.5 Å². The first-order valence-electron chi connectivity index (χ1n) is 6.07. The van der Waals surface area contributed by atoms with E-state index in [1.165, 1.54) is 30.6 Å². The highest BCUT2D eigenvalue weighted by Crippen LogP contribution is 2.33. The molecule has 90 valence electrons. The van der Waals surface area contributed by atoms with Crippen LogP contribution in [0.2, 0.25) is 0 Å². The van der Waals surface area contributed by atoms with Gasteiger partial charge in [0, 0.05) is 22.8 Å². The third kappa shape index (κ3) is 2.99. The molecule has 16 heavy (non-hydrogen) atoms. The molecule has 1 aromatic heterocycles. The largest absolute Gasteiger partial charge is 0.305 e. The molecule has 1 aliphatic rings. The Kier molecular flexibility index (Phi) is 4.28. The molecule has 0 spiro atoms. The quantitative estimate of drug-likeness (QED) is 0.804. The zero-order valence-corrected chi connectivity index (χ0v) is 11.4. The van der Waals surface area contributed by atoms with E-state index in [0.29, 0.717) is 0 Å². The van der Waals surface area contributed by atoms with Gasteiger partial charge in [0.2, 0.25) is 0 Å². The van der Waals surface area contributed by atoms with E-state index in [0.717, 1.165) is 18.3 Å². The molecular formula is C13H20ClNS. The van der Waals surface area contributed by atoms with Crippen LogP contribution >= 0.6 is 22.9 Å². The lowest BCUT2D eigenvalue weighted by molar-refractivity contribution is 0.208. The van der Waals surface area contributed by atoms with Crippen LogP contribution in [0.4, 0.5) is 0 Å². The maximum atomic E-state index is 6.18. The van der Waals surface area contributed by atoms with Crippen molar-refractivity contribution in [3.8, 4) is 0 Å². The number of hydrogen-bond donors (Lipinski definition) is 1. The molecule has 0 saturated heterocycles. The molecular weight excluding hydrogens is 238 g/mol. The molecule has 0 bridgehead atoms. The number of alkyl halides is 1. The van der Waals surface area contributed by atoms with E-state index >= 15 is 0 Å². The molecule has 2 unspecified atom stereocenters. The van der Waals surface area contributed by atoms with Crippen LogP contribution in [0.25, 0.3) is 0 Å². The second kappa shape index (κ2) is 5.52. The van der Waals surface area contributed by atoms with Gasteiger partial charge < -0.3 is 5.32 Å². The standard InChI is InChI=1S/C13H20ClNS/c1-11-4-2-6-13(8-11,10-14)15-9-12-5-3-7-16-12/h3,5,7,11,15H,2,4,6,8-10H2,1H3. The third-order valence-corrected chi connectivity index (χ3v) is 4.95. The summed E-state index contributed by atoms with van der Waals surface area (Å²) in [6.45, 7) is 3.31. The molecule has 0 amide bonds. The summed E-state index contributed by atoms with van der Waals surface area (Å²) in [5, 5.41) is 5.83. The van der Waals surface area contributed by atoms with E-state index in [1.807, 2.05) is 11.3 Å². The lowest BCUT2D eigenvalue weighted by Crippen LogP contribution is -2.49. The van der Waals surface area contributed by atoms with Crippen molar-refractivity contribution in [2.75, 3.05) is 5.88 Å². The fourth-order valence-corrected chi connectivity index (χ4v) is 3.66. The SMILES string of the molecule is CC1CCCC(CCl)(NCc2cccs2)C1. The van der Waals surface area contributed by atoms with Gasteiger partial charge in [-0.3, -0.25) is 0 Å². The fraction of sp³-hybridized carbons (Fsp3) is 0.692. The van der Waals surface area contributed by atoms with Gasteiger partial charge in [-0.25, -0.2) is 0 Å². The molecule has 2 rings (SSSR count). The van der Waals surface area contributed by atoms with E-state index in [4.69, 9.17) is 11.6 Å². The molecule has 1 N–H and O–H groups in total. The number of thiophene rings is 1. The summed E-state index contributed by atoms with van der Waals surface area (Å²) in [4.78, 5) is 1.41. The highest BCUT2D eigenvalue weighted by Gasteiger charge is 2.33. The normalized spacial score (nSPS) is 30.5. The van der Waals surface area contributed by atoms with E-state index in [1.54, 1.807) is 0 Å². The molecule has 1 aliphatic carbocycles. The molecule has 2 atom stereocenters. The van der Waals surface area contributed by atoms with Crippen molar-refractivity contribution in [2.45, 2.75) is 44.7 Å². The average Bonchev–Trinajstić information content (AvgIpc) is 2.79. The van der Waals surface area contributed by atoms with Crippen molar-refractivity contribution in [2.24, 2.45) is 5.92 Å². The molecule has 1 saturated carbocycles. The fourth-order valence-electron chi connectivity index (χ4n) is 2.68. The maximum absolute atomic E-state index is 6.18. The van der Waals surface area contributed by atoms with Crippen LogP contribution in [0.15, 0.2) is 17.5 Å². The van der Waals surface area contributed by atoms with Crippen LogP contribution in [0.5, 0.6) is 0 Å². The topological polar surface area (TPSA) is 12.0 Å². The van der Waals surface area contributed by atoms with Gasteiger partial charge in [0.1, 0.15) is 0 Å². The van der Waals surface area contributed by atoms with Crippen molar-refractivity contribution < 1.29 is 0 Å². The smallest absolute Gasteiger partial charge is 0.0406 e. The lowest BCUT2D eigenvalue weighted by atomic mass is 9.77. The molecule has 1 nitrogen and oxygen atoms in total. The van der Waals surface area contributed by atoms with Crippen LogP contribution < -0.4 is 5.32 Å². The van der Waals surface area contributed by atoms with Crippen LogP contribution in [0.3, 0.4) is 0 Å². The minimum atomic E-state index is 0.184. The molecule has 0 aliphatic heterocycles. The Morgan fingerprint density at radius 2 is 2.50 bits per heavy atom. The Hall–Kier alpha value is -0.0500. The van der Waals surface area contributed by atoms with E-state index < -0.39 is 0 Å². The van der Waals surface area contributed by atoms with E-state index in [9.17, 15) is 0 Å². The third-order valence-electron chi connectivity index (χ3n) is 3.56. The predicted octanol–water partition coefficient (Wildman–Crippen LogP) is 4.03. The molecule has 3 heteroatoms. The van der Waals surface area contributed by atoms with Gasteiger partial charge in [0.25, 0.3) is 0 Å². The second-order valence-electron chi connectivity index (χ2n) is 5.05. The minimum Gasteiger partial charge on any atom is -0.305 e. The first-order valence-corrected chi connectivity index (χ1v) is 7.49. The summed E-state index contributed by atoms with van der Waals surface area (Å²) in [7, 11) is 0. The summed E-state index contributed by atoms with van der Waals surface area (Å²) in [5.74, 6) is 1.55. The Morgan fingerprint density at radius 1 is 1.62 bits per heavy atom. The van der Waals surface area contributed by atoms with Crippen molar-refractivity contribution in [3.05, 3.63) is 22.4 Å². The molecule has 1 heterocycles. The van der Waals surface area contributed by atoms with E-state index in [2.05, 4.69) is 29.8 Å². The Morgan fingerprint density at radius 3 is 3.12 bits per heavy atom. The predicted molar refractivity (Wildman–Crippen MR) is 72.2 cm³/mol. The minimum absolute atomic E-state index is 0.184. The van der Waals surface area contributed by atoms with Gasteiger partial charge in [-0.2, -0.15) is 0 Å². The number of nitrogens with one attached hydrogen (secondary N) is 1. The average molecular weight is 258 g/mol. The Labute approximate surface area is 107 Å². The van der Waals surface area contributed by atoms with Crippen molar-refractivity contribution in [1.29, 1.82) is 0 Å². The number of halogens is 1. The molecule has 0 radical (unpaired) electrons.